The molecule has 0 bridgehead atoms. The first kappa shape index (κ1) is 18.1. The molecule has 0 saturated carbocycles. The van der Waals surface area contributed by atoms with Crippen LogP contribution in [0.4, 0.5) is 4.79 Å². The number of amides is 2. The third-order valence-electron chi connectivity index (χ3n) is 2.80. The van der Waals surface area contributed by atoms with Gasteiger partial charge in [0.1, 0.15) is 11.6 Å². The normalized spacial score (nSPS) is 17.2. The summed E-state index contributed by atoms with van der Waals surface area (Å²) in [7, 11) is 0. The lowest BCUT2D eigenvalue weighted by atomic mass is 10.2. The topological polar surface area (TPSA) is 67.9 Å². The Morgan fingerprint density at radius 3 is 2.48 bits per heavy atom. The van der Waals surface area contributed by atoms with Crippen LogP contribution in [0.15, 0.2) is 0 Å². The van der Waals surface area contributed by atoms with Gasteiger partial charge in [0.15, 0.2) is 0 Å². The molecular weight excluding hydrogens is 292 g/mol. The molecule has 1 aliphatic heterocycles. The third-order valence-corrected chi connectivity index (χ3v) is 3.78. The molecule has 0 aromatic heterocycles. The van der Waals surface area contributed by atoms with Crippen LogP contribution < -0.4 is 5.32 Å². The molecule has 0 aromatic carbocycles. The molecule has 21 heavy (non-hydrogen) atoms. The monoisotopic (exact) mass is 318 g/mol. The van der Waals surface area contributed by atoms with Crippen molar-refractivity contribution in [3.8, 4) is 0 Å². The quantitative estimate of drug-likeness (QED) is 0.832. The summed E-state index contributed by atoms with van der Waals surface area (Å²) in [6.07, 6.45) is -0.550. The van der Waals surface area contributed by atoms with Crippen molar-refractivity contribution in [3.05, 3.63) is 0 Å². The van der Waals surface area contributed by atoms with E-state index in [0.29, 0.717) is 32.1 Å². The predicted molar refractivity (Wildman–Crippen MR) is 83.6 cm³/mol. The molecule has 122 valence electrons. The van der Waals surface area contributed by atoms with Crippen molar-refractivity contribution >= 4 is 23.8 Å². The second-order valence-electron chi connectivity index (χ2n) is 5.80. The van der Waals surface area contributed by atoms with Crippen LogP contribution in [0.5, 0.6) is 0 Å². The van der Waals surface area contributed by atoms with Gasteiger partial charge in [0.2, 0.25) is 5.91 Å². The lowest BCUT2D eigenvalue weighted by Gasteiger charge is -2.31. The SMILES string of the molecule is CCSC[C@H](NC(=O)OC(C)(C)C)C(=O)N1CCOCC1. The molecule has 1 saturated heterocycles. The van der Waals surface area contributed by atoms with E-state index in [9.17, 15) is 9.59 Å². The summed E-state index contributed by atoms with van der Waals surface area (Å²) in [6, 6.07) is -0.553. The Kier molecular flexibility index (Phi) is 7.31. The van der Waals surface area contributed by atoms with Gasteiger partial charge < -0.3 is 19.7 Å². The number of morpholine rings is 1. The molecule has 1 rings (SSSR count). The fraction of sp³-hybridized carbons (Fsp3) is 0.857. The van der Waals surface area contributed by atoms with Crippen LogP contribution in [-0.2, 0) is 14.3 Å². The Bertz CT molecular complexity index is 351. The van der Waals surface area contributed by atoms with Gasteiger partial charge in [0, 0.05) is 18.8 Å². The Hall–Kier alpha value is -0.950. The number of nitrogens with zero attached hydrogens (tertiary/aromatic N) is 1. The summed E-state index contributed by atoms with van der Waals surface area (Å²) in [5, 5.41) is 2.69. The van der Waals surface area contributed by atoms with Crippen molar-refractivity contribution in [3.63, 3.8) is 0 Å². The highest BCUT2D eigenvalue weighted by Gasteiger charge is 2.28. The first-order valence-corrected chi connectivity index (χ1v) is 8.42. The van der Waals surface area contributed by atoms with Gasteiger partial charge in [-0.2, -0.15) is 11.8 Å². The van der Waals surface area contributed by atoms with Crippen molar-refractivity contribution < 1.29 is 19.1 Å². The zero-order chi connectivity index (χ0) is 15.9. The van der Waals surface area contributed by atoms with Crippen molar-refractivity contribution in [2.75, 3.05) is 37.8 Å². The largest absolute Gasteiger partial charge is 0.444 e. The fourth-order valence-electron chi connectivity index (χ4n) is 1.86. The van der Waals surface area contributed by atoms with Gasteiger partial charge in [-0.05, 0) is 26.5 Å². The zero-order valence-electron chi connectivity index (χ0n) is 13.3. The smallest absolute Gasteiger partial charge is 0.408 e. The van der Waals surface area contributed by atoms with Crippen LogP contribution in [0.25, 0.3) is 0 Å². The van der Waals surface area contributed by atoms with E-state index in [0.717, 1.165) is 5.75 Å². The highest BCUT2D eigenvalue weighted by atomic mass is 32.2. The number of alkyl carbamates (subject to hydrolysis) is 1. The first-order chi connectivity index (χ1) is 9.83. The minimum Gasteiger partial charge on any atom is -0.444 e. The zero-order valence-corrected chi connectivity index (χ0v) is 14.1. The second kappa shape index (κ2) is 8.48. The van der Waals surface area contributed by atoms with Crippen LogP contribution in [-0.4, -0.2) is 66.4 Å². The van der Waals surface area contributed by atoms with Crippen LogP contribution >= 0.6 is 11.8 Å². The third kappa shape index (κ3) is 7.04. The van der Waals surface area contributed by atoms with Crippen molar-refractivity contribution in [1.82, 2.24) is 10.2 Å². The van der Waals surface area contributed by atoms with E-state index in [-0.39, 0.29) is 5.91 Å². The Morgan fingerprint density at radius 2 is 1.95 bits per heavy atom. The van der Waals surface area contributed by atoms with Crippen molar-refractivity contribution in [2.45, 2.75) is 39.3 Å². The van der Waals surface area contributed by atoms with Gasteiger partial charge in [0.05, 0.1) is 13.2 Å². The Labute approximate surface area is 130 Å². The van der Waals surface area contributed by atoms with Crippen LogP contribution in [0.3, 0.4) is 0 Å². The van der Waals surface area contributed by atoms with E-state index >= 15 is 0 Å². The molecule has 2 amide bonds. The summed E-state index contributed by atoms with van der Waals surface area (Å²) >= 11 is 1.62. The standard InChI is InChI=1S/C14H26N2O4S/c1-5-21-10-11(15-13(18)20-14(2,3)4)12(17)16-6-8-19-9-7-16/h11H,5-10H2,1-4H3,(H,15,18)/t11-/m0/s1. The maximum atomic E-state index is 12.5. The lowest BCUT2D eigenvalue weighted by Crippen LogP contribution is -2.53. The maximum absolute atomic E-state index is 12.5. The van der Waals surface area contributed by atoms with Crippen LogP contribution in [0.1, 0.15) is 27.7 Å². The van der Waals surface area contributed by atoms with E-state index in [1.54, 1.807) is 37.4 Å². The second-order valence-corrected chi connectivity index (χ2v) is 7.11. The molecule has 0 unspecified atom stereocenters. The molecule has 0 aromatic rings. The highest BCUT2D eigenvalue weighted by molar-refractivity contribution is 7.99. The van der Waals surface area contributed by atoms with Gasteiger partial charge in [-0.25, -0.2) is 4.79 Å². The summed E-state index contributed by atoms with van der Waals surface area (Å²) in [4.78, 5) is 26.1. The van der Waals surface area contributed by atoms with Gasteiger partial charge in [-0.15, -0.1) is 0 Å². The van der Waals surface area contributed by atoms with E-state index in [1.807, 2.05) is 6.92 Å². The predicted octanol–water partition coefficient (Wildman–Crippen LogP) is 1.49. The summed E-state index contributed by atoms with van der Waals surface area (Å²) in [5.41, 5.74) is -0.575. The number of rotatable bonds is 5. The number of carbonyl (C=O) groups excluding carboxylic acids is 2. The summed E-state index contributed by atoms with van der Waals surface area (Å²) < 4.78 is 10.5. The molecule has 7 heteroatoms. The highest BCUT2D eigenvalue weighted by Crippen LogP contribution is 2.10. The number of hydrogen-bond acceptors (Lipinski definition) is 5. The average Bonchev–Trinajstić information content (AvgIpc) is 2.41. The van der Waals surface area contributed by atoms with Gasteiger partial charge in [-0.3, -0.25) is 4.79 Å². The molecule has 1 aliphatic rings. The summed E-state index contributed by atoms with van der Waals surface area (Å²) in [6.45, 7) is 9.65. The minimum absolute atomic E-state index is 0.0647. The molecule has 0 spiro atoms. The van der Waals surface area contributed by atoms with Gasteiger partial charge >= 0.3 is 6.09 Å². The maximum Gasteiger partial charge on any atom is 0.408 e. The van der Waals surface area contributed by atoms with Gasteiger partial charge in [-0.1, -0.05) is 6.92 Å². The molecule has 1 heterocycles. The van der Waals surface area contributed by atoms with Crippen molar-refractivity contribution in [2.24, 2.45) is 0 Å². The molecule has 0 radical (unpaired) electrons. The van der Waals surface area contributed by atoms with E-state index in [1.165, 1.54) is 0 Å². The van der Waals surface area contributed by atoms with Crippen molar-refractivity contribution in [1.29, 1.82) is 0 Å². The number of thioether (sulfide) groups is 1. The molecule has 6 nitrogen and oxygen atoms in total. The van der Waals surface area contributed by atoms with Gasteiger partial charge in [0.25, 0.3) is 0 Å². The number of carbonyl (C=O) groups is 2. The van der Waals surface area contributed by atoms with E-state index in [4.69, 9.17) is 9.47 Å². The Balaban J connectivity index is 2.61. The number of nitrogens with one attached hydrogen (secondary N) is 1. The van der Waals surface area contributed by atoms with E-state index in [2.05, 4.69) is 5.32 Å². The van der Waals surface area contributed by atoms with E-state index < -0.39 is 17.7 Å². The Morgan fingerprint density at radius 1 is 1.33 bits per heavy atom. The average molecular weight is 318 g/mol. The fourth-order valence-corrected chi connectivity index (χ4v) is 2.56. The van der Waals surface area contributed by atoms with Crippen LogP contribution in [0, 0.1) is 0 Å². The minimum atomic E-state index is -0.575. The molecular formula is C14H26N2O4S. The lowest BCUT2D eigenvalue weighted by molar-refractivity contribution is -0.136. The molecule has 1 N–H and O–H groups in total. The summed E-state index contributed by atoms with van der Waals surface area (Å²) in [5.74, 6) is 1.37. The molecule has 0 aliphatic carbocycles. The van der Waals surface area contributed by atoms with Crippen LogP contribution in [0.2, 0.25) is 0 Å². The number of hydrogen-bond donors (Lipinski definition) is 1. The molecule has 1 atom stereocenters. The number of ether oxygens (including phenoxy) is 2. The first-order valence-electron chi connectivity index (χ1n) is 7.27. The molecule has 1 fully saturated rings.